The third-order valence-corrected chi connectivity index (χ3v) is 4.29. The van der Waals surface area contributed by atoms with E-state index in [0.717, 1.165) is 28.8 Å². The van der Waals surface area contributed by atoms with E-state index in [1.165, 1.54) is 36.4 Å². The molecule has 30 heavy (non-hydrogen) atoms. The van der Waals surface area contributed by atoms with Gasteiger partial charge >= 0.3 is 0 Å². The van der Waals surface area contributed by atoms with Crippen LogP contribution in [0.3, 0.4) is 0 Å². The molecule has 0 aliphatic rings. The molecule has 4 heteroatoms. The zero-order valence-electron chi connectivity index (χ0n) is 18.5. The van der Waals surface area contributed by atoms with Crippen molar-refractivity contribution in [1.82, 2.24) is 4.98 Å². The number of allylic oxidation sites excluding steroid dienone is 2. The van der Waals surface area contributed by atoms with Crippen molar-refractivity contribution in [3.05, 3.63) is 77.1 Å². The van der Waals surface area contributed by atoms with Crippen LogP contribution in [0.25, 0.3) is 22.2 Å². The number of rotatable bonds is 4. The van der Waals surface area contributed by atoms with Crippen molar-refractivity contribution in [2.75, 3.05) is 0 Å². The second-order valence-electron chi connectivity index (χ2n) is 7.93. The van der Waals surface area contributed by atoms with Crippen molar-refractivity contribution in [2.45, 2.75) is 48.0 Å². The van der Waals surface area contributed by atoms with Gasteiger partial charge in [0.2, 0.25) is 0 Å². The Morgan fingerprint density at radius 2 is 1.83 bits per heavy atom. The number of aromatic nitrogens is 1. The Morgan fingerprint density at radius 1 is 1.13 bits per heavy atom. The molecule has 0 saturated carbocycles. The molecule has 0 aliphatic carbocycles. The zero-order valence-corrected chi connectivity index (χ0v) is 20.9. The molecule has 3 aromatic rings. The van der Waals surface area contributed by atoms with Crippen LogP contribution in [0.15, 0.2) is 54.3 Å². The molecule has 0 unspecified atom stereocenters. The first kappa shape index (κ1) is 25.7. The number of hydrogen-bond donors (Lipinski definition) is 1. The molecule has 0 atom stereocenters. The normalized spacial score (nSPS) is 11.0. The minimum Gasteiger partial charge on any atom is -0.512 e. The summed E-state index contributed by atoms with van der Waals surface area (Å²) >= 11 is 0. The average Bonchev–Trinajstić information content (AvgIpc) is 2.59. The number of ketones is 1. The van der Waals surface area contributed by atoms with Gasteiger partial charge in [0.15, 0.2) is 5.78 Å². The average molecular weight is 581 g/mol. The van der Waals surface area contributed by atoms with Gasteiger partial charge in [0.1, 0.15) is 0 Å². The van der Waals surface area contributed by atoms with Crippen LogP contribution in [0.5, 0.6) is 0 Å². The van der Waals surface area contributed by atoms with E-state index in [2.05, 4.69) is 76.2 Å². The molecule has 1 heterocycles. The van der Waals surface area contributed by atoms with Crippen molar-refractivity contribution in [1.29, 1.82) is 0 Å². The van der Waals surface area contributed by atoms with E-state index in [-0.39, 0.29) is 31.6 Å². The SMILES string of the molecule is CC(=O)/C=C(/C)O.Cc1[c-]c(-c2ccc3c(CC(C)C)cccc3n2)cc(C)c1.[Ir]. The Bertz CT molecular complexity index is 1010. The largest absolute Gasteiger partial charge is 0.512 e. The van der Waals surface area contributed by atoms with Gasteiger partial charge in [-0.25, -0.2) is 0 Å². The summed E-state index contributed by atoms with van der Waals surface area (Å²) < 4.78 is 0. The summed E-state index contributed by atoms with van der Waals surface area (Å²) in [7, 11) is 0. The topological polar surface area (TPSA) is 50.2 Å². The Kier molecular flexibility index (Phi) is 10.1. The molecule has 1 radical (unpaired) electrons. The maximum absolute atomic E-state index is 10.0. The maximum Gasteiger partial charge on any atom is 0.155 e. The smallest absolute Gasteiger partial charge is 0.155 e. The first-order valence-corrected chi connectivity index (χ1v) is 9.93. The number of hydrogen-bond acceptors (Lipinski definition) is 3. The monoisotopic (exact) mass is 581 g/mol. The predicted octanol–water partition coefficient (Wildman–Crippen LogP) is 6.55. The van der Waals surface area contributed by atoms with Crippen LogP contribution in [0.4, 0.5) is 0 Å². The van der Waals surface area contributed by atoms with Crippen molar-refractivity contribution in [3.8, 4) is 11.3 Å². The maximum atomic E-state index is 10.0. The molecule has 0 saturated heterocycles. The van der Waals surface area contributed by atoms with Crippen molar-refractivity contribution in [3.63, 3.8) is 0 Å². The number of nitrogens with zero attached hydrogens (tertiary/aromatic N) is 1. The second kappa shape index (κ2) is 11.8. The number of aryl methyl sites for hydroxylation is 2. The molecule has 1 N–H and O–H groups in total. The van der Waals surface area contributed by atoms with Gasteiger partial charge in [-0.3, -0.25) is 9.78 Å². The molecule has 2 aromatic carbocycles. The van der Waals surface area contributed by atoms with Gasteiger partial charge in [0, 0.05) is 31.6 Å². The molecule has 3 nitrogen and oxygen atoms in total. The van der Waals surface area contributed by atoms with Crippen LogP contribution in [-0.4, -0.2) is 15.9 Å². The third kappa shape index (κ3) is 7.85. The molecule has 0 amide bonds. The minimum absolute atomic E-state index is 0. The second-order valence-corrected chi connectivity index (χ2v) is 7.93. The van der Waals surface area contributed by atoms with Gasteiger partial charge in [-0.1, -0.05) is 52.0 Å². The number of aliphatic hydroxyl groups is 1. The third-order valence-electron chi connectivity index (χ3n) is 4.29. The summed E-state index contributed by atoms with van der Waals surface area (Å²) in [5.41, 5.74) is 6.95. The molecule has 0 aliphatic heterocycles. The first-order valence-electron chi connectivity index (χ1n) is 9.93. The molecule has 1 aromatic heterocycles. The van der Waals surface area contributed by atoms with Gasteiger partial charge < -0.3 is 5.11 Å². The fourth-order valence-corrected chi connectivity index (χ4v) is 3.31. The summed E-state index contributed by atoms with van der Waals surface area (Å²) in [6, 6.07) is 18.5. The molecular formula is C26H30IrNO2-. The van der Waals surface area contributed by atoms with E-state index >= 15 is 0 Å². The van der Waals surface area contributed by atoms with E-state index in [1.54, 1.807) is 0 Å². The minimum atomic E-state index is -0.125. The summed E-state index contributed by atoms with van der Waals surface area (Å²) in [6.07, 6.45) is 2.26. The molecule has 3 rings (SSSR count). The van der Waals surface area contributed by atoms with Crippen LogP contribution in [-0.2, 0) is 31.3 Å². The van der Waals surface area contributed by atoms with Crippen molar-refractivity contribution in [2.24, 2.45) is 5.92 Å². The predicted molar refractivity (Wildman–Crippen MR) is 121 cm³/mol. The molecule has 161 valence electrons. The fourth-order valence-electron chi connectivity index (χ4n) is 3.31. The van der Waals surface area contributed by atoms with Crippen LogP contribution < -0.4 is 0 Å². The summed E-state index contributed by atoms with van der Waals surface area (Å²) in [5.74, 6) is 0.588. The van der Waals surface area contributed by atoms with Crippen molar-refractivity contribution >= 4 is 16.7 Å². The molecule has 0 spiro atoms. The number of pyridine rings is 1. The Hall–Kier alpha value is -2.29. The van der Waals surface area contributed by atoms with Crippen LogP contribution >= 0.6 is 0 Å². The summed E-state index contributed by atoms with van der Waals surface area (Å²) in [4.78, 5) is 14.9. The van der Waals surface area contributed by atoms with Gasteiger partial charge in [-0.05, 0) is 43.5 Å². The Morgan fingerprint density at radius 3 is 2.37 bits per heavy atom. The zero-order chi connectivity index (χ0) is 21.6. The quantitative estimate of drug-likeness (QED) is 0.216. The molecule has 0 fully saturated rings. The number of aliphatic hydroxyl groups excluding tert-OH is 1. The summed E-state index contributed by atoms with van der Waals surface area (Å²) in [6.45, 7) is 11.6. The van der Waals surface area contributed by atoms with E-state index in [9.17, 15) is 4.79 Å². The summed E-state index contributed by atoms with van der Waals surface area (Å²) in [5, 5.41) is 9.63. The van der Waals surface area contributed by atoms with Crippen LogP contribution in [0.1, 0.15) is 44.4 Å². The standard InChI is InChI=1S/C21H22N.C5H8O2.Ir/c1-14(2)10-17-6-5-7-21-19(17)8-9-20(22-21)18-12-15(3)11-16(4)13-18;1-4(6)3-5(2)7;/h5-9,11-12,14H,10H2,1-4H3;3,6H,1-2H3;/q-1;;/b;4-3-;. The number of carbonyl (C=O) groups is 1. The number of carbonyl (C=O) groups excluding carboxylic acids is 1. The molecular weight excluding hydrogens is 551 g/mol. The van der Waals surface area contributed by atoms with E-state index in [4.69, 9.17) is 10.1 Å². The fraction of sp³-hybridized carbons (Fsp3) is 0.308. The number of fused-ring (bicyclic) bond motifs is 1. The van der Waals surface area contributed by atoms with Gasteiger partial charge in [-0.15, -0.1) is 34.9 Å². The van der Waals surface area contributed by atoms with E-state index in [0.29, 0.717) is 5.92 Å². The van der Waals surface area contributed by atoms with Gasteiger partial charge in [0.25, 0.3) is 0 Å². The number of benzene rings is 2. The van der Waals surface area contributed by atoms with E-state index in [1.807, 2.05) is 0 Å². The Labute approximate surface area is 193 Å². The van der Waals surface area contributed by atoms with Gasteiger partial charge in [-0.2, -0.15) is 0 Å². The Balaban J connectivity index is 0.000000489. The van der Waals surface area contributed by atoms with Crippen molar-refractivity contribution < 1.29 is 30.0 Å². The first-order chi connectivity index (χ1) is 13.7. The van der Waals surface area contributed by atoms with Gasteiger partial charge in [0.05, 0.1) is 11.3 Å². The molecule has 0 bridgehead atoms. The van der Waals surface area contributed by atoms with E-state index < -0.39 is 0 Å². The van der Waals surface area contributed by atoms with Crippen LogP contribution in [0, 0.1) is 25.8 Å². The van der Waals surface area contributed by atoms with Crippen LogP contribution in [0.2, 0.25) is 0 Å².